The molecular formula is C17H15BrN2O4S. The zero-order chi connectivity index (χ0) is 18.2. The second-order valence-electron chi connectivity index (χ2n) is 5.34. The maximum absolute atomic E-state index is 12.9. The van der Waals surface area contributed by atoms with Crippen LogP contribution in [0, 0.1) is 6.92 Å². The van der Waals surface area contributed by atoms with E-state index < -0.39 is 10.0 Å². The van der Waals surface area contributed by atoms with Crippen molar-refractivity contribution < 1.29 is 18.3 Å². The van der Waals surface area contributed by atoms with Crippen molar-refractivity contribution in [3.05, 3.63) is 58.8 Å². The molecule has 0 aliphatic rings. The molecule has 0 amide bonds. The van der Waals surface area contributed by atoms with Gasteiger partial charge >= 0.3 is 0 Å². The third-order valence-electron chi connectivity index (χ3n) is 3.73. The number of aryl methyl sites for hydroxylation is 1. The van der Waals surface area contributed by atoms with Crippen LogP contribution in [0.1, 0.15) is 5.56 Å². The third-order valence-corrected chi connectivity index (χ3v) is 6.21. The van der Waals surface area contributed by atoms with Crippen molar-refractivity contribution in [2.24, 2.45) is 0 Å². The van der Waals surface area contributed by atoms with Crippen LogP contribution in [-0.2, 0) is 10.0 Å². The van der Waals surface area contributed by atoms with Crippen LogP contribution in [0.5, 0.6) is 11.5 Å². The van der Waals surface area contributed by atoms with E-state index in [1.54, 1.807) is 36.4 Å². The highest BCUT2D eigenvalue weighted by Gasteiger charge is 2.23. The van der Waals surface area contributed by atoms with Gasteiger partial charge < -0.3 is 9.84 Å². The summed E-state index contributed by atoms with van der Waals surface area (Å²) < 4.78 is 32.3. The van der Waals surface area contributed by atoms with E-state index >= 15 is 0 Å². The number of methoxy groups -OCH3 is 1. The molecule has 130 valence electrons. The molecule has 6 nitrogen and oxygen atoms in total. The molecule has 0 saturated heterocycles. The van der Waals surface area contributed by atoms with Gasteiger partial charge in [0.05, 0.1) is 16.5 Å². The van der Waals surface area contributed by atoms with E-state index in [0.717, 1.165) is 9.54 Å². The minimum atomic E-state index is -3.82. The highest BCUT2D eigenvalue weighted by atomic mass is 79.9. The molecule has 1 N–H and O–H groups in total. The summed E-state index contributed by atoms with van der Waals surface area (Å²) in [5, 5.41) is 10.2. The molecule has 0 unspecified atom stereocenters. The molecule has 8 heteroatoms. The first kappa shape index (κ1) is 17.5. The third kappa shape index (κ3) is 3.03. The SMILES string of the molecule is COc1ccc(-c2nccn2S(=O)(=O)c2ccc(C)cc2)c(Br)c1O. The first-order chi connectivity index (χ1) is 11.9. The van der Waals surface area contributed by atoms with Gasteiger partial charge in [-0.2, -0.15) is 0 Å². The Morgan fingerprint density at radius 2 is 1.84 bits per heavy atom. The molecule has 25 heavy (non-hydrogen) atoms. The summed E-state index contributed by atoms with van der Waals surface area (Å²) in [4.78, 5) is 4.31. The molecule has 0 saturated carbocycles. The van der Waals surface area contributed by atoms with Gasteiger partial charge in [-0.05, 0) is 47.1 Å². The normalized spacial score (nSPS) is 11.5. The highest BCUT2D eigenvalue weighted by molar-refractivity contribution is 9.10. The Labute approximate surface area is 153 Å². The largest absolute Gasteiger partial charge is 0.503 e. The fraction of sp³-hybridized carbons (Fsp3) is 0.118. The van der Waals surface area contributed by atoms with Gasteiger partial charge in [0.2, 0.25) is 0 Å². The van der Waals surface area contributed by atoms with Crippen LogP contribution in [0.25, 0.3) is 11.4 Å². The summed E-state index contributed by atoms with van der Waals surface area (Å²) in [6, 6.07) is 9.75. The van der Waals surface area contributed by atoms with Crippen molar-refractivity contribution in [2.45, 2.75) is 11.8 Å². The average Bonchev–Trinajstić information content (AvgIpc) is 3.08. The lowest BCUT2D eigenvalue weighted by Crippen LogP contribution is -2.13. The summed E-state index contributed by atoms with van der Waals surface area (Å²) in [5.74, 6) is 0.336. The maximum Gasteiger partial charge on any atom is 0.269 e. The Kier molecular flexibility index (Phi) is 4.57. The molecule has 3 aromatic rings. The topological polar surface area (TPSA) is 81.4 Å². The molecule has 1 heterocycles. The first-order valence-electron chi connectivity index (χ1n) is 7.27. The van der Waals surface area contributed by atoms with Gasteiger partial charge in [0.1, 0.15) is 0 Å². The zero-order valence-corrected chi connectivity index (χ0v) is 15.9. The van der Waals surface area contributed by atoms with E-state index in [9.17, 15) is 13.5 Å². The van der Waals surface area contributed by atoms with Gasteiger partial charge in [0.15, 0.2) is 17.3 Å². The Morgan fingerprint density at radius 3 is 2.48 bits per heavy atom. The van der Waals surface area contributed by atoms with Crippen molar-refractivity contribution in [3.63, 3.8) is 0 Å². The van der Waals surface area contributed by atoms with Crippen LogP contribution < -0.4 is 4.74 Å². The number of rotatable bonds is 4. The number of halogens is 1. The maximum atomic E-state index is 12.9. The van der Waals surface area contributed by atoms with Crippen LogP contribution in [0.4, 0.5) is 0 Å². The Balaban J connectivity index is 2.16. The number of hydrogen-bond donors (Lipinski definition) is 1. The van der Waals surface area contributed by atoms with Gasteiger partial charge in [-0.25, -0.2) is 17.4 Å². The van der Waals surface area contributed by atoms with E-state index in [-0.39, 0.29) is 22.2 Å². The molecule has 3 rings (SSSR count). The van der Waals surface area contributed by atoms with Crippen LogP contribution in [0.3, 0.4) is 0 Å². The van der Waals surface area contributed by atoms with E-state index in [1.807, 2.05) is 6.92 Å². The van der Waals surface area contributed by atoms with Crippen LogP contribution >= 0.6 is 15.9 Å². The number of hydrogen-bond acceptors (Lipinski definition) is 5. The highest BCUT2D eigenvalue weighted by Crippen LogP contribution is 2.41. The number of ether oxygens (including phenoxy) is 1. The van der Waals surface area contributed by atoms with Gasteiger partial charge in [-0.15, -0.1) is 0 Å². The molecule has 0 bridgehead atoms. The number of benzene rings is 2. The fourth-order valence-corrected chi connectivity index (χ4v) is 4.18. The van der Waals surface area contributed by atoms with Crippen molar-refractivity contribution in [2.75, 3.05) is 7.11 Å². The second kappa shape index (κ2) is 6.53. The van der Waals surface area contributed by atoms with E-state index in [4.69, 9.17) is 4.74 Å². The summed E-state index contributed by atoms with van der Waals surface area (Å²) >= 11 is 3.28. The van der Waals surface area contributed by atoms with Crippen LogP contribution in [-0.4, -0.2) is 29.6 Å². The number of nitrogens with zero attached hydrogens (tertiary/aromatic N) is 2. The minimum Gasteiger partial charge on any atom is -0.503 e. The van der Waals surface area contributed by atoms with Gasteiger partial charge in [-0.1, -0.05) is 17.7 Å². The molecule has 1 aromatic heterocycles. The molecule has 0 aliphatic carbocycles. The summed E-state index contributed by atoms with van der Waals surface area (Å²) in [7, 11) is -2.38. The molecule has 0 spiro atoms. The minimum absolute atomic E-state index is 0.123. The lowest BCUT2D eigenvalue weighted by molar-refractivity contribution is 0.372. The lowest BCUT2D eigenvalue weighted by Gasteiger charge is -2.12. The molecule has 0 aliphatic heterocycles. The number of aromatic hydroxyl groups is 1. The quantitative estimate of drug-likeness (QED) is 0.694. The number of imidazole rings is 1. The Bertz CT molecular complexity index is 1030. The van der Waals surface area contributed by atoms with E-state index in [1.165, 1.54) is 19.5 Å². The average molecular weight is 423 g/mol. The summed E-state index contributed by atoms with van der Waals surface area (Å²) in [6.07, 6.45) is 2.77. The number of phenols is 1. The molecule has 0 radical (unpaired) electrons. The summed E-state index contributed by atoms with van der Waals surface area (Å²) in [5.41, 5.74) is 1.40. The molecule has 2 aromatic carbocycles. The monoisotopic (exact) mass is 422 g/mol. The van der Waals surface area contributed by atoms with Gasteiger partial charge in [0.25, 0.3) is 10.0 Å². The van der Waals surface area contributed by atoms with E-state index in [0.29, 0.717) is 10.0 Å². The molecule has 0 fully saturated rings. The Hall–Kier alpha value is -2.32. The van der Waals surface area contributed by atoms with Gasteiger partial charge in [0, 0.05) is 18.0 Å². The second-order valence-corrected chi connectivity index (χ2v) is 7.95. The Morgan fingerprint density at radius 1 is 1.16 bits per heavy atom. The van der Waals surface area contributed by atoms with Crippen molar-refractivity contribution in [1.29, 1.82) is 0 Å². The van der Waals surface area contributed by atoms with Crippen LogP contribution in [0.15, 0.2) is 58.2 Å². The lowest BCUT2D eigenvalue weighted by atomic mass is 10.2. The van der Waals surface area contributed by atoms with Crippen molar-refractivity contribution in [1.82, 2.24) is 8.96 Å². The van der Waals surface area contributed by atoms with Gasteiger partial charge in [-0.3, -0.25) is 0 Å². The zero-order valence-electron chi connectivity index (χ0n) is 13.5. The molecule has 0 atom stereocenters. The fourth-order valence-electron chi connectivity index (χ4n) is 2.38. The number of aromatic nitrogens is 2. The van der Waals surface area contributed by atoms with Crippen LogP contribution in [0.2, 0.25) is 0 Å². The smallest absolute Gasteiger partial charge is 0.269 e. The van der Waals surface area contributed by atoms with E-state index in [2.05, 4.69) is 20.9 Å². The number of phenolic OH excluding ortho intramolecular Hbond substituents is 1. The standard InChI is InChI=1S/C17H15BrN2O4S/c1-11-3-5-12(6-4-11)25(22,23)20-10-9-19-17(20)13-7-8-14(24-2)16(21)15(13)18/h3-10,21H,1-2H3. The predicted molar refractivity (Wildman–Crippen MR) is 97.3 cm³/mol. The first-order valence-corrected chi connectivity index (χ1v) is 9.51. The summed E-state index contributed by atoms with van der Waals surface area (Å²) in [6.45, 7) is 1.89. The van der Waals surface area contributed by atoms with Crippen molar-refractivity contribution >= 4 is 26.0 Å². The molecular weight excluding hydrogens is 408 g/mol. The predicted octanol–water partition coefficient (Wildman–Crippen LogP) is 3.57. The van der Waals surface area contributed by atoms with Crippen molar-refractivity contribution in [3.8, 4) is 22.9 Å².